The maximum atomic E-state index is 12.7. The minimum Gasteiger partial charge on any atom is -0.462 e. The van der Waals surface area contributed by atoms with Gasteiger partial charge in [0, 0.05) is 19.3 Å². The summed E-state index contributed by atoms with van der Waals surface area (Å²) in [5.41, 5.74) is 0. The molecule has 0 saturated heterocycles. The van der Waals surface area contributed by atoms with E-state index >= 15 is 0 Å². The van der Waals surface area contributed by atoms with Crippen LogP contribution in [0.3, 0.4) is 0 Å². The molecule has 6 heteroatoms. The van der Waals surface area contributed by atoms with Crippen molar-refractivity contribution in [3.05, 3.63) is 0 Å². The number of hydrogen-bond acceptors (Lipinski definition) is 6. The zero-order chi connectivity index (χ0) is 44.7. The third-order valence-electron chi connectivity index (χ3n) is 12.5. The topological polar surface area (TPSA) is 78.9 Å². The van der Waals surface area contributed by atoms with Gasteiger partial charge in [-0.1, -0.05) is 266 Å². The average Bonchev–Trinajstić information content (AvgIpc) is 3.23. The Bertz CT molecular complexity index is 931. The van der Waals surface area contributed by atoms with Gasteiger partial charge in [-0.3, -0.25) is 14.4 Å². The quantitative estimate of drug-likeness (QED) is 0.0344. The van der Waals surface area contributed by atoms with E-state index in [-0.39, 0.29) is 31.1 Å². The smallest absolute Gasteiger partial charge is 0.306 e. The van der Waals surface area contributed by atoms with E-state index in [9.17, 15) is 14.4 Å². The molecule has 362 valence electrons. The summed E-state index contributed by atoms with van der Waals surface area (Å²) in [6.45, 7) is 11.3. The Kier molecular flexibility index (Phi) is 46.6. The third kappa shape index (κ3) is 49.3. The van der Waals surface area contributed by atoms with Gasteiger partial charge in [0.2, 0.25) is 0 Å². The summed E-state index contributed by atoms with van der Waals surface area (Å²) >= 11 is 0. The number of ether oxygens (including phenoxy) is 3. The number of esters is 3. The van der Waals surface area contributed by atoms with Crippen molar-refractivity contribution in [3.63, 3.8) is 0 Å². The standard InChI is InChI=1S/C55H106O6/c1-6-7-8-9-10-11-12-19-23-26-29-35-40-45-53(56)59-48-52(61-55(58)47-42-37-32-31-34-39-44-51(4)5)49-60-54(57)46-41-36-30-27-24-21-18-16-14-13-15-17-20-22-25-28-33-38-43-50(2)3/h50-52H,6-49H2,1-5H3/t52-/m0/s1. The molecule has 0 radical (unpaired) electrons. The number of rotatable bonds is 49. The molecule has 0 fully saturated rings. The lowest BCUT2D eigenvalue weighted by molar-refractivity contribution is -0.167. The molecule has 0 bridgehead atoms. The fourth-order valence-electron chi connectivity index (χ4n) is 8.34. The minimum atomic E-state index is -0.762. The molecule has 0 rings (SSSR count). The van der Waals surface area contributed by atoms with Crippen LogP contribution in [0.5, 0.6) is 0 Å². The van der Waals surface area contributed by atoms with Crippen LogP contribution < -0.4 is 0 Å². The summed E-state index contributed by atoms with van der Waals surface area (Å²) in [5, 5.41) is 0. The van der Waals surface area contributed by atoms with Crippen molar-refractivity contribution in [1.82, 2.24) is 0 Å². The summed E-state index contributed by atoms with van der Waals surface area (Å²) in [7, 11) is 0. The van der Waals surface area contributed by atoms with E-state index in [2.05, 4.69) is 34.6 Å². The molecule has 0 aliphatic heterocycles. The van der Waals surface area contributed by atoms with Crippen molar-refractivity contribution in [2.75, 3.05) is 13.2 Å². The van der Waals surface area contributed by atoms with Gasteiger partial charge >= 0.3 is 17.9 Å². The summed E-state index contributed by atoms with van der Waals surface area (Å²) in [6.07, 6.45) is 49.7. The van der Waals surface area contributed by atoms with Gasteiger partial charge in [0.05, 0.1) is 0 Å². The van der Waals surface area contributed by atoms with Crippen molar-refractivity contribution < 1.29 is 28.6 Å². The summed E-state index contributed by atoms with van der Waals surface area (Å²) in [6, 6.07) is 0. The summed E-state index contributed by atoms with van der Waals surface area (Å²) in [5.74, 6) is 0.768. The molecular formula is C55H106O6. The molecule has 0 N–H and O–H groups in total. The van der Waals surface area contributed by atoms with Gasteiger partial charge in [-0.2, -0.15) is 0 Å². The van der Waals surface area contributed by atoms with Gasteiger partial charge in [0.25, 0.3) is 0 Å². The van der Waals surface area contributed by atoms with Crippen LogP contribution in [-0.4, -0.2) is 37.2 Å². The molecule has 0 aromatic rings. The molecule has 0 aromatic heterocycles. The van der Waals surface area contributed by atoms with E-state index in [0.717, 1.165) is 69.6 Å². The van der Waals surface area contributed by atoms with E-state index in [1.165, 1.54) is 193 Å². The first kappa shape index (κ1) is 59.4. The second kappa shape index (κ2) is 47.9. The highest BCUT2D eigenvalue weighted by molar-refractivity contribution is 5.71. The highest BCUT2D eigenvalue weighted by Crippen LogP contribution is 2.18. The second-order valence-electron chi connectivity index (χ2n) is 19.8. The Morgan fingerprint density at radius 1 is 0.311 bits per heavy atom. The lowest BCUT2D eigenvalue weighted by Crippen LogP contribution is -2.30. The van der Waals surface area contributed by atoms with Crippen LogP contribution in [0.25, 0.3) is 0 Å². The molecule has 0 aromatic carbocycles. The van der Waals surface area contributed by atoms with Crippen LogP contribution in [0, 0.1) is 11.8 Å². The normalized spacial score (nSPS) is 12.0. The molecule has 0 heterocycles. The predicted molar refractivity (Wildman–Crippen MR) is 261 cm³/mol. The Morgan fingerprint density at radius 2 is 0.541 bits per heavy atom. The van der Waals surface area contributed by atoms with Crippen LogP contribution >= 0.6 is 0 Å². The predicted octanol–water partition coefficient (Wildman–Crippen LogP) is 17.7. The van der Waals surface area contributed by atoms with Crippen LogP contribution in [-0.2, 0) is 28.6 Å². The SMILES string of the molecule is CCCCCCCCCCCCCCCC(=O)OC[C@@H](COC(=O)CCCCCCCCCCCCCCCCCCCCC(C)C)OC(=O)CCCCCCCCC(C)C. The Morgan fingerprint density at radius 3 is 0.803 bits per heavy atom. The molecular weight excluding hydrogens is 757 g/mol. The lowest BCUT2D eigenvalue weighted by Gasteiger charge is -2.18. The Labute approximate surface area is 380 Å². The summed E-state index contributed by atoms with van der Waals surface area (Å²) < 4.78 is 16.8. The monoisotopic (exact) mass is 863 g/mol. The van der Waals surface area contributed by atoms with E-state index in [1.54, 1.807) is 0 Å². The molecule has 0 spiro atoms. The molecule has 0 aliphatic carbocycles. The number of carbonyl (C=O) groups is 3. The van der Waals surface area contributed by atoms with Crippen molar-refractivity contribution in [2.45, 2.75) is 310 Å². The van der Waals surface area contributed by atoms with Crippen molar-refractivity contribution in [2.24, 2.45) is 11.8 Å². The molecule has 0 unspecified atom stereocenters. The van der Waals surface area contributed by atoms with E-state index in [4.69, 9.17) is 14.2 Å². The maximum Gasteiger partial charge on any atom is 0.306 e. The van der Waals surface area contributed by atoms with Gasteiger partial charge in [0.15, 0.2) is 6.10 Å². The molecule has 6 nitrogen and oxygen atoms in total. The molecule has 61 heavy (non-hydrogen) atoms. The zero-order valence-corrected chi connectivity index (χ0v) is 41.8. The maximum absolute atomic E-state index is 12.7. The van der Waals surface area contributed by atoms with E-state index in [0.29, 0.717) is 19.3 Å². The number of hydrogen-bond donors (Lipinski definition) is 0. The van der Waals surface area contributed by atoms with Gasteiger partial charge < -0.3 is 14.2 Å². The van der Waals surface area contributed by atoms with Gasteiger partial charge in [-0.25, -0.2) is 0 Å². The number of carbonyl (C=O) groups excluding carboxylic acids is 3. The first-order valence-electron chi connectivity index (χ1n) is 27.2. The van der Waals surface area contributed by atoms with Crippen LogP contribution in [0.15, 0.2) is 0 Å². The fraction of sp³-hybridized carbons (Fsp3) is 0.945. The van der Waals surface area contributed by atoms with Gasteiger partial charge in [-0.05, 0) is 31.1 Å². The van der Waals surface area contributed by atoms with Crippen LogP contribution in [0.4, 0.5) is 0 Å². The van der Waals surface area contributed by atoms with Crippen molar-refractivity contribution in [3.8, 4) is 0 Å². The van der Waals surface area contributed by atoms with Crippen molar-refractivity contribution >= 4 is 17.9 Å². The summed E-state index contributed by atoms with van der Waals surface area (Å²) in [4.78, 5) is 37.9. The molecule has 1 atom stereocenters. The Balaban J connectivity index is 4.16. The number of unbranched alkanes of at least 4 members (excludes halogenated alkanes) is 34. The first-order chi connectivity index (χ1) is 29.7. The minimum absolute atomic E-state index is 0.0644. The van der Waals surface area contributed by atoms with Gasteiger partial charge in [-0.15, -0.1) is 0 Å². The van der Waals surface area contributed by atoms with E-state index < -0.39 is 6.10 Å². The first-order valence-corrected chi connectivity index (χ1v) is 27.2. The Hall–Kier alpha value is -1.59. The molecule has 0 saturated carbocycles. The fourth-order valence-corrected chi connectivity index (χ4v) is 8.34. The van der Waals surface area contributed by atoms with E-state index in [1.807, 2.05) is 0 Å². The van der Waals surface area contributed by atoms with Crippen molar-refractivity contribution in [1.29, 1.82) is 0 Å². The van der Waals surface area contributed by atoms with Gasteiger partial charge in [0.1, 0.15) is 13.2 Å². The molecule has 0 amide bonds. The largest absolute Gasteiger partial charge is 0.462 e. The molecule has 0 aliphatic rings. The third-order valence-corrected chi connectivity index (χ3v) is 12.5. The lowest BCUT2D eigenvalue weighted by atomic mass is 10.0. The zero-order valence-electron chi connectivity index (χ0n) is 41.8. The van der Waals surface area contributed by atoms with Crippen LogP contribution in [0.2, 0.25) is 0 Å². The second-order valence-corrected chi connectivity index (χ2v) is 19.8. The average molecular weight is 863 g/mol. The van der Waals surface area contributed by atoms with Crippen LogP contribution in [0.1, 0.15) is 304 Å². The highest BCUT2D eigenvalue weighted by Gasteiger charge is 2.19. The highest BCUT2D eigenvalue weighted by atomic mass is 16.6.